The number of nitrogens with one attached hydrogen (secondary N) is 3. The number of ether oxygens (including phenoxy) is 1. The van der Waals surface area contributed by atoms with Crippen molar-refractivity contribution < 1.29 is 23.9 Å². The minimum absolute atomic E-state index is 0.131. The highest BCUT2D eigenvalue weighted by molar-refractivity contribution is 6.37. The number of benzene rings is 2. The molecule has 0 radical (unpaired) electrons. The lowest BCUT2D eigenvalue weighted by Crippen LogP contribution is -2.54. The van der Waals surface area contributed by atoms with E-state index in [2.05, 4.69) is 25.6 Å². The van der Waals surface area contributed by atoms with E-state index in [-0.39, 0.29) is 28.4 Å². The summed E-state index contributed by atoms with van der Waals surface area (Å²) in [7, 11) is 1.44. The van der Waals surface area contributed by atoms with Gasteiger partial charge >= 0.3 is 11.7 Å². The van der Waals surface area contributed by atoms with E-state index in [4.69, 9.17) is 4.74 Å². The molecule has 2 aromatic heterocycles. The fourth-order valence-corrected chi connectivity index (χ4v) is 4.89. The number of H-pyrrole nitrogens is 1. The van der Waals surface area contributed by atoms with Crippen LogP contribution in [0, 0.1) is 6.92 Å². The third-order valence-corrected chi connectivity index (χ3v) is 7.13. The van der Waals surface area contributed by atoms with Crippen LogP contribution < -0.4 is 26.8 Å². The number of aromatic amines is 1. The maximum Gasteiger partial charge on any atom is 0.335 e. The third-order valence-electron chi connectivity index (χ3n) is 7.13. The summed E-state index contributed by atoms with van der Waals surface area (Å²) >= 11 is 0. The van der Waals surface area contributed by atoms with Crippen LogP contribution in [0.2, 0.25) is 0 Å². The number of barbiturate groups is 1. The molecule has 246 valence electrons. The van der Waals surface area contributed by atoms with Crippen molar-refractivity contribution in [3.05, 3.63) is 135 Å². The van der Waals surface area contributed by atoms with Crippen molar-refractivity contribution in [2.45, 2.75) is 13.8 Å². The molecule has 0 aliphatic carbocycles. The summed E-state index contributed by atoms with van der Waals surface area (Å²) in [6, 6.07) is 14.9. The number of nitrogens with zero attached hydrogens (tertiary/aromatic N) is 4. The lowest BCUT2D eigenvalue weighted by molar-refractivity contribution is -0.122. The topological polar surface area (TPSA) is 185 Å². The summed E-state index contributed by atoms with van der Waals surface area (Å²) in [6.45, 7) is 2.90. The molecular weight excluding hydrogens is 630 g/mol. The molecule has 49 heavy (non-hydrogen) atoms. The average Bonchev–Trinajstić information content (AvgIpc) is 3.06. The van der Waals surface area contributed by atoms with Crippen LogP contribution in [0.3, 0.4) is 0 Å². The molecule has 3 N–H and O–H groups in total. The van der Waals surface area contributed by atoms with Gasteiger partial charge in [0, 0.05) is 30.7 Å². The van der Waals surface area contributed by atoms with Gasteiger partial charge in [0.25, 0.3) is 17.4 Å². The average molecular weight is 660 g/mol. The predicted octanol–water partition coefficient (Wildman–Crippen LogP) is 3.80. The minimum Gasteiger partial charge on any atom is -0.486 e. The molecule has 0 unspecified atom stereocenters. The molecule has 14 heteroatoms. The number of amides is 5. The number of aromatic nitrogens is 3. The Morgan fingerprint density at radius 2 is 1.71 bits per heavy atom. The zero-order valence-electron chi connectivity index (χ0n) is 26.5. The smallest absolute Gasteiger partial charge is 0.335 e. The molecule has 1 fully saturated rings. The number of hydrogen-bond donors (Lipinski definition) is 3. The van der Waals surface area contributed by atoms with Gasteiger partial charge in [-0.05, 0) is 78.7 Å². The van der Waals surface area contributed by atoms with Crippen molar-refractivity contribution >= 4 is 58.9 Å². The Balaban J connectivity index is 1.55. The zero-order valence-corrected chi connectivity index (χ0v) is 26.5. The van der Waals surface area contributed by atoms with Crippen LogP contribution in [0.5, 0.6) is 0 Å². The van der Waals surface area contributed by atoms with Crippen LogP contribution >= 0.6 is 0 Å². The van der Waals surface area contributed by atoms with Crippen LogP contribution in [0.1, 0.15) is 23.7 Å². The van der Waals surface area contributed by atoms with Gasteiger partial charge < -0.3 is 15.0 Å². The van der Waals surface area contributed by atoms with Gasteiger partial charge in [-0.25, -0.2) is 24.0 Å². The van der Waals surface area contributed by atoms with Gasteiger partial charge in [-0.3, -0.25) is 29.5 Å². The maximum atomic E-state index is 13.7. The van der Waals surface area contributed by atoms with Crippen LogP contribution in [0.25, 0.3) is 17.3 Å². The number of rotatable bonds is 9. The van der Waals surface area contributed by atoms with Gasteiger partial charge in [0.2, 0.25) is 5.91 Å². The molecule has 5 rings (SSSR count). The highest BCUT2D eigenvalue weighted by atomic mass is 16.5. The Morgan fingerprint density at radius 1 is 0.980 bits per heavy atom. The summed E-state index contributed by atoms with van der Waals surface area (Å²) in [5, 5.41) is 4.76. The maximum absolute atomic E-state index is 13.7. The Bertz CT molecular complexity index is 2210. The fraction of sp³-hybridized carbons (Fsp3) is 0.0857. The summed E-state index contributed by atoms with van der Waals surface area (Å²) < 4.78 is 5.84. The SMILES string of the molecule is CO/C=N/c1cccc(-n2c(=O)[nH]c(C)c(C=CC(=CC=C3C(=O)NC(=O)N(c4cccc(NC(C)=O)c4)C3=O)c3ccncc3)c2=O)c1. The lowest BCUT2D eigenvalue weighted by Gasteiger charge is -2.26. The number of carbonyl (C=O) groups excluding carboxylic acids is 4. The van der Waals surface area contributed by atoms with Crippen molar-refractivity contribution in [2.75, 3.05) is 17.3 Å². The monoisotopic (exact) mass is 659 g/mol. The molecule has 1 saturated heterocycles. The summed E-state index contributed by atoms with van der Waals surface area (Å²) in [5.41, 5.74) is 1.18. The Labute approximate surface area is 278 Å². The van der Waals surface area contributed by atoms with E-state index in [9.17, 15) is 28.8 Å². The molecule has 5 amide bonds. The van der Waals surface area contributed by atoms with Gasteiger partial charge in [-0.2, -0.15) is 0 Å². The molecule has 0 atom stereocenters. The molecule has 0 bridgehead atoms. The van der Waals surface area contributed by atoms with Gasteiger partial charge in [0.1, 0.15) is 5.57 Å². The zero-order chi connectivity index (χ0) is 35.1. The van der Waals surface area contributed by atoms with Crippen molar-refractivity contribution in [3.8, 4) is 5.69 Å². The van der Waals surface area contributed by atoms with Crippen molar-refractivity contribution in [1.82, 2.24) is 19.9 Å². The van der Waals surface area contributed by atoms with Gasteiger partial charge in [0.15, 0.2) is 6.40 Å². The number of aryl methyl sites for hydroxylation is 1. The highest BCUT2D eigenvalue weighted by Crippen LogP contribution is 2.25. The van der Waals surface area contributed by atoms with Crippen LogP contribution in [-0.2, 0) is 19.1 Å². The van der Waals surface area contributed by atoms with E-state index in [1.54, 1.807) is 73.9 Å². The number of carbonyl (C=O) groups is 4. The molecule has 4 aromatic rings. The molecule has 3 heterocycles. The first-order valence-electron chi connectivity index (χ1n) is 14.7. The number of aliphatic imine (C=N–C) groups is 1. The second-order valence-corrected chi connectivity index (χ2v) is 10.5. The first-order chi connectivity index (χ1) is 23.6. The Morgan fingerprint density at radius 3 is 2.45 bits per heavy atom. The minimum atomic E-state index is -0.953. The Kier molecular flexibility index (Phi) is 9.98. The summed E-state index contributed by atoms with van der Waals surface area (Å²) in [6.07, 6.45) is 10.2. The van der Waals surface area contributed by atoms with E-state index >= 15 is 0 Å². The number of urea groups is 1. The van der Waals surface area contributed by atoms with Gasteiger partial charge in [0.05, 0.1) is 29.7 Å². The van der Waals surface area contributed by atoms with Crippen LogP contribution in [0.15, 0.2) is 111 Å². The van der Waals surface area contributed by atoms with Crippen molar-refractivity contribution in [2.24, 2.45) is 4.99 Å². The second-order valence-electron chi connectivity index (χ2n) is 10.5. The standard InChI is InChI=1S/C35H29N7O7/c1-21-29(32(45)41(34(47)38-21)27-8-4-6-25(18-27)37-20-49-3)12-10-23(24-14-16-36-17-15-24)11-13-30-31(44)40-35(48)42(33(30)46)28-9-5-7-26(19-28)39-22(2)43/h4-20H,1-3H3,(H,38,47)(H,39,43)(H,40,44,48)/b12-10?,23-11?,30-13?,37-20+. The second kappa shape index (κ2) is 14.6. The quantitative estimate of drug-likeness (QED) is 0.0796. The van der Waals surface area contributed by atoms with E-state index in [1.807, 2.05) is 0 Å². The summed E-state index contributed by atoms with van der Waals surface area (Å²) in [4.78, 5) is 88.9. The number of anilines is 2. The molecule has 0 spiro atoms. The molecule has 14 nitrogen and oxygen atoms in total. The van der Waals surface area contributed by atoms with E-state index < -0.39 is 29.1 Å². The van der Waals surface area contributed by atoms with E-state index in [0.29, 0.717) is 28.2 Å². The van der Waals surface area contributed by atoms with E-state index in [0.717, 1.165) is 9.47 Å². The molecule has 2 aromatic carbocycles. The molecule has 1 aliphatic heterocycles. The predicted molar refractivity (Wildman–Crippen MR) is 184 cm³/mol. The molecular formula is C35H29N7O7. The van der Waals surface area contributed by atoms with Gasteiger partial charge in [-0.15, -0.1) is 0 Å². The molecule has 0 saturated carbocycles. The third kappa shape index (κ3) is 7.55. The Hall–Kier alpha value is -6.96. The van der Waals surface area contributed by atoms with Crippen molar-refractivity contribution in [1.29, 1.82) is 0 Å². The van der Waals surface area contributed by atoms with Crippen LogP contribution in [-0.4, -0.2) is 51.8 Å². The number of pyridine rings is 1. The fourth-order valence-electron chi connectivity index (χ4n) is 4.89. The van der Waals surface area contributed by atoms with Gasteiger partial charge in [-0.1, -0.05) is 24.3 Å². The first kappa shape index (κ1) is 33.4. The van der Waals surface area contributed by atoms with E-state index in [1.165, 1.54) is 50.8 Å². The first-order valence-corrected chi connectivity index (χ1v) is 14.7. The van der Waals surface area contributed by atoms with Crippen molar-refractivity contribution in [3.63, 3.8) is 0 Å². The number of hydrogen-bond acceptors (Lipinski definition) is 9. The largest absolute Gasteiger partial charge is 0.486 e. The number of imide groups is 2. The lowest BCUT2D eigenvalue weighted by atomic mass is 10.0. The number of methoxy groups -OCH3 is 1. The summed E-state index contributed by atoms with van der Waals surface area (Å²) in [5.74, 6) is -2.14. The normalized spacial score (nSPS) is 14.5. The highest BCUT2D eigenvalue weighted by Gasteiger charge is 2.36. The van der Waals surface area contributed by atoms with Crippen LogP contribution in [0.4, 0.5) is 21.9 Å². The molecule has 1 aliphatic rings. The number of allylic oxidation sites excluding steroid dienone is 4.